The summed E-state index contributed by atoms with van der Waals surface area (Å²) in [6, 6.07) is 16.6. The van der Waals surface area contributed by atoms with Crippen molar-refractivity contribution in [3.8, 4) is 11.1 Å². The number of carbonyl (C=O) groups is 2. The van der Waals surface area contributed by atoms with Gasteiger partial charge in [-0.2, -0.15) is 0 Å². The number of pyridine rings is 2. The Hall–Kier alpha value is -3.80. The molecule has 0 aliphatic carbocycles. The molecule has 3 heterocycles. The maximum Gasteiger partial charge on any atom is 0.273 e. The number of amides is 2. The van der Waals surface area contributed by atoms with Gasteiger partial charge in [0.25, 0.3) is 5.91 Å². The van der Waals surface area contributed by atoms with Gasteiger partial charge >= 0.3 is 0 Å². The fourth-order valence-electron chi connectivity index (χ4n) is 3.90. The van der Waals surface area contributed by atoms with Crippen molar-refractivity contribution in [2.45, 2.75) is 12.5 Å². The lowest BCUT2D eigenvalue weighted by Gasteiger charge is -2.40. The van der Waals surface area contributed by atoms with Gasteiger partial charge in [0.05, 0.1) is 0 Å². The van der Waals surface area contributed by atoms with Crippen LogP contribution in [-0.4, -0.2) is 57.3 Å². The highest BCUT2D eigenvalue weighted by Crippen LogP contribution is 2.23. The molecule has 6 heteroatoms. The summed E-state index contributed by atoms with van der Waals surface area (Å²) in [6.07, 6.45) is 7.26. The first-order chi connectivity index (χ1) is 15.2. The molecule has 3 aromatic rings. The van der Waals surface area contributed by atoms with E-state index in [4.69, 9.17) is 0 Å². The molecule has 1 atom stereocenters. The van der Waals surface area contributed by atoms with Gasteiger partial charge in [0.2, 0.25) is 5.91 Å². The monoisotopic (exact) mass is 412 g/mol. The Morgan fingerprint density at radius 2 is 1.87 bits per heavy atom. The third kappa shape index (κ3) is 4.53. The second kappa shape index (κ2) is 9.34. The second-order valence-corrected chi connectivity index (χ2v) is 7.44. The summed E-state index contributed by atoms with van der Waals surface area (Å²) in [5.41, 5.74) is 3.45. The molecule has 1 fully saturated rings. The molecular formula is C25H24N4O2. The van der Waals surface area contributed by atoms with E-state index >= 15 is 0 Å². The Morgan fingerprint density at radius 3 is 2.61 bits per heavy atom. The standard InChI is InChI=1S/C25H24N4O2/c1-2-14-28-15-16-29(24(30)22-8-3-4-11-27-22)23(25(28)31)18-19-6-5-7-21(17-19)20-9-12-26-13-10-20/h2-13,17,23H,1,14-16,18H2/t23-/m0/s1. The van der Waals surface area contributed by atoms with Crippen LogP contribution in [-0.2, 0) is 11.2 Å². The molecule has 0 spiro atoms. The van der Waals surface area contributed by atoms with Crippen LogP contribution in [0.2, 0.25) is 0 Å². The van der Waals surface area contributed by atoms with Crippen molar-refractivity contribution in [1.82, 2.24) is 19.8 Å². The summed E-state index contributed by atoms with van der Waals surface area (Å²) >= 11 is 0. The first-order valence-electron chi connectivity index (χ1n) is 10.3. The van der Waals surface area contributed by atoms with Crippen LogP contribution in [0.5, 0.6) is 0 Å². The average Bonchev–Trinajstić information content (AvgIpc) is 2.83. The third-order valence-electron chi connectivity index (χ3n) is 5.45. The van der Waals surface area contributed by atoms with Gasteiger partial charge in [-0.3, -0.25) is 19.6 Å². The fraction of sp³-hybridized carbons (Fsp3) is 0.200. The summed E-state index contributed by atoms with van der Waals surface area (Å²) < 4.78 is 0. The highest BCUT2D eigenvalue weighted by atomic mass is 16.2. The maximum atomic E-state index is 13.3. The molecule has 0 radical (unpaired) electrons. The number of hydrogen-bond donors (Lipinski definition) is 0. The van der Waals surface area contributed by atoms with Crippen molar-refractivity contribution < 1.29 is 9.59 Å². The molecule has 1 aliphatic rings. The number of aromatic nitrogens is 2. The summed E-state index contributed by atoms with van der Waals surface area (Å²) in [7, 11) is 0. The Bertz CT molecular complexity index is 1070. The molecule has 156 valence electrons. The van der Waals surface area contributed by atoms with Crippen molar-refractivity contribution >= 4 is 11.8 Å². The van der Waals surface area contributed by atoms with Gasteiger partial charge in [-0.05, 0) is 41.0 Å². The number of piperazine rings is 1. The van der Waals surface area contributed by atoms with E-state index in [1.807, 2.05) is 30.3 Å². The normalized spacial score (nSPS) is 16.3. The fourth-order valence-corrected chi connectivity index (χ4v) is 3.90. The molecule has 6 nitrogen and oxygen atoms in total. The molecule has 0 bridgehead atoms. The van der Waals surface area contributed by atoms with Crippen molar-refractivity contribution in [3.63, 3.8) is 0 Å². The van der Waals surface area contributed by atoms with Crippen LogP contribution in [0.4, 0.5) is 0 Å². The van der Waals surface area contributed by atoms with Crippen LogP contribution in [0, 0.1) is 0 Å². The van der Waals surface area contributed by atoms with Crippen molar-refractivity contribution in [2.24, 2.45) is 0 Å². The topological polar surface area (TPSA) is 66.4 Å². The SMILES string of the molecule is C=CCN1CCN(C(=O)c2ccccn2)[C@@H](Cc2cccc(-c3ccncc3)c2)C1=O. The Labute approximate surface area is 181 Å². The van der Waals surface area contributed by atoms with E-state index in [0.29, 0.717) is 31.7 Å². The highest BCUT2D eigenvalue weighted by Gasteiger charge is 2.37. The molecule has 2 amide bonds. The van der Waals surface area contributed by atoms with Crippen molar-refractivity contribution in [1.29, 1.82) is 0 Å². The molecule has 0 saturated carbocycles. The number of carbonyl (C=O) groups excluding carboxylic acids is 2. The van der Waals surface area contributed by atoms with Crippen LogP contribution in [0.15, 0.2) is 85.8 Å². The van der Waals surface area contributed by atoms with E-state index in [0.717, 1.165) is 16.7 Å². The van der Waals surface area contributed by atoms with Crippen LogP contribution in [0.3, 0.4) is 0 Å². The minimum Gasteiger partial charge on any atom is -0.335 e. The molecule has 31 heavy (non-hydrogen) atoms. The van der Waals surface area contributed by atoms with E-state index in [2.05, 4.69) is 22.6 Å². The molecule has 4 rings (SSSR count). The molecule has 1 aliphatic heterocycles. The van der Waals surface area contributed by atoms with Gasteiger partial charge in [-0.25, -0.2) is 0 Å². The molecule has 0 unspecified atom stereocenters. The molecule has 1 aromatic carbocycles. The molecule has 2 aromatic heterocycles. The van der Waals surface area contributed by atoms with Gasteiger partial charge in [-0.1, -0.05) is 36.4 Å². The Morgan fingerprint density at radius 1 is 1.03 bits per heavy atom. The highest BCUT2D eigenvalue weighted by molar-refractivity contribution is 5.97. The zero-order valence-corrected chi connectivity index (χ0v) is 17.2. The second-order valence-electron chi connectivity index (χ2n) is 7.44. The van der Waals surface area contributed by atoms with Gasteiger partial charge in [0.15, 0.2) is 0 Å². The predicted molar refractivity (Wildman–Crippen MR) is 119 cm³/mol. The van der Waals surface area contributed by atoms with E-state index < -0.39 is 6.04 Å². The summed E-state index contributed by atoms with van der Waals surface area (Å²) in [4.78, 5) is 38.1. The number of benzene rings is 1. The van der Waals surface area contributed by atoms with E-state index in [1.165, 1.54) is 0 Å². The molecule has 1 saturated heterocycles. The lowest BCUT2D eigenvalue weighted by molar-refractivity contribution is -0.139. The first kappa shape index (κ1) is 20.5. The smallest absolute Gasteiger partial charge is 0.273 e. The summed E-state index contributed by atoms with van der Waals surface area (Å²) in [5, 5.41) is 0. The van der Waals surface area contributed by atoms with Gasteiger partial charge < -0.3 is 9.80 Å². The van der Waals surface area contributed by atoms with Gasteiger partial charge in [0, 0.05) is 44.6 Å². The van der Waals surface area contributed by atoms with Crippen LogP contribution < -0.4 is 0 Å². The number of hydrogen-bond acceptors (Lipinski definition) is 4. The lowest BCUT2D eigenvalue weighted by Crippen LogP contribution is -2.59. The summed E-state index contributed by atoms with van der Waals surface area (Å²) in [6.45, 7) is 5.17. The van der Waals surface area contributed by atoms with Crippen LogP contribution >= 0.6 is 0 Å². The zero-order chi connectivity index (χ0) is 21.6. The maximum absolute atomic E-state index is 13.3. The van der Waals surface area contributed by atoms with E-state index in [-0.39, 0.29) is 11.8 Å². The van der Waals surface area contributed by atoms with Crippen LogP contribution in [0.25, 0.3) is 11.1 Å². The zero-order valence-electron chi connectivity index (χ0n) is 17.2. The van der Waals surface area contributed by atoms with E-state index in [9.17, 15) is 9.59 Å². The quantitative estimate of drug-likeness (QED) is 0.583. The Balaban J connectivity index is 1.63. The minimum atomic E-state index is -0.587. The predicted octanol–water partition coefficient (Wildman–Crippen LogP) is 3.23. The average molecular weight is 412 g/mol. The number of rotatable bonds is 6. The molecular weight excluding hydrogens is 388 g/mol. The largest absolute Gasteiger partial charge is 0.335 e. The van der Waals surface area contributed by atoms with Crippen molar-refractivity contribution in [3.05, 3.63) is 97.1 Å². The van der Waals surface area contributed by atoms with Crippen molar-refractivity contribution in [2.75, 3.05) is 19.6 Å². The Kier molecular flexibility index (Phi) is 6.17. The van der Waals surface area contributed by atoms with Gasteiger partial charge in [-0.15, -0.1) is 6.58 Å². The minimum absolute atomic E-state index is 0.0651. The van der Waals surface area contributed by atoms with E-state index in [1.54, 1.807) is 52.7 Å². The molecule has 0 N–H and O–H groups in total. The summed E-state index contributed by atoms with van der Waals surface area (Å²) in [5.74, 6) is -0.285. The first-order valence-corrected chi connectivity index (χ1v) is 10.3. The number of nitrogens with zero attached hydrogens (tertiary/aromatic N) is 4. The third-order valence-corrected chi connectivity index (χ3v) is 5.45. The van der Waals surface area contributed by atoms with Crippen LogP contribution in [0.1, 0.15) is 16.1 Å². The van der Waals surface area contributed by atoms with Gasteiger partial charge in [0.1, 0.15) is 11.7 Å². The lowest BCUT2D eigenvalue weighted by atomic mass is 9.97.